The first-order chi connectivity index (χ1) is 8.54. The lowest BCUT2D eigenvalue weighted by atomic mass is 9.68. The molecule has 1 aliphatic carbocycles. The Morgan fingerprint density at radius 2 is 1.61 bits per heavy atom. The molecule has 104 valence electrons. The quantitative estimate of drug-likeness (QED) is 0.840. The summed E-state index contributed by atoms with van der Waals surface area (Å²) in [5.74, 6) is -0.451. The molecule has 1 unspecified atom stereocenters. The van der Waals surface area contributed by atoms with Crippen molar-refractivity contribution < 1.29 is 9.90 Å². The summed E-state index contributed by atoms with van der Waals surface area (Å²) >= 11 is 0. The van der Waals surface area contributed by atoms with Crippen LogP contribution in [-0.2, 0) is 4.79 Å². The highest BCUT2D eigenvalue weighted by Crippen LogP contribution is 2.44. The van der Waals surface area contributed by atoms with E-state index in [9.17, 15) is 9.90 Å². The molecule has 1 saturated heterocycles. The normalized spacial score (nSPS) is 26.4. The number of piperidine rings is 1. The molecular weight excluding hydrogens is 226 g/mol. The molecule has 1 atom stereocenters. The monoisotopic (exact) mass is 253 g/mol. The first-order valence-electron chi connectivity index (χ1n) is 7.51. The number of nitrogens with zero attached hydrogens (tertiary/aromatic N) is 1. The Bertz CT molecular complexity index is 285. The molecule has 2 fully saturated rings. The fraction of sp³-hybridized carbons (Fsp3) is 0.933. The molecule has 0 bridgehead atoms. The molecule has 2 rings (SSSR count). The van der Waals surface area contributed by atoms with Gasteiger partial charge in [-0.2, -0.15) is 0 Å². The highest BCUT2D eigenvalue weighted by atomic mass is 16.4. The van der Waals surface area contributed by atoms with Crippen LogP contribution >= 0.6 is 0 Å². The average molecular weight is 253 g/mol. The van der Waals surface area contributed by atoms with Crippen LogP contribution in [0.4, 0.5) is 0 Å². The van der Waals surface area contributed by atoms with Crippen molar-refractivity contribution in [2.75, 3.05) is 13.1 Å². The molecule has 18 heavy (non-hydrogen) atoms. The van der Waals surface area contributed by atoms with Gasteiger partial charge in [-0.05, 0) is 50.1 Å². The summed E-state index contributed by atoms with van der Waals surface area (Å²) in [6.45, 7) is 6.00. The maximum atomic E-state index is 11.4. The number of carbonyl (C=O) groups is 1. The van der Waals surface area contributed by atoms with Crippen LogP contribution in [-0.4, -0.2) is 35.1 Å². The van der Waals surface area contributed by atoms with E-state index in [0.29, 0.717) is 5.41 Å². The zero-order valence-corrected chi connectivity index (χ0v) is 11.8. The molecule has 1 spiro atoms. The van der Waals surface area contributed by atoms with E-state index in [4.69, 9.17) is 0 Å². The first-order valence-corrected chi connectivity index (χ1v) is 7.51. The Hall–Kier alpha value is -0.570. The third-order valence-corrected chi connectivity index (χ3v) is 5.05. The van der Waals surface area contributed by atoms with Gasteiger partial charge in [0.1, 0.15) is 6.04 Å². The summed E-state index contributed by atoms with van der Waals surface area (Å²) in [5.41, 5.74) is 0.564. The SMILES string of the molecule is CC(C)C(C(=O)O)N1CCC2(CCCCC2)CC1. The van der Waals surface area contributed by atoms with Crippen molar-refractivity contribution >= 4 is 5.97 Å². The minimum atomic E-state index is -0.649. The van der Waals surface area contributed by atoms with Crippen molar-refractivity contribution in [3.8, 4) is 0 Å². The van der Waals surface area contributed by atoms with Crippen molar-refractivity contribution in [1.29, 1.82) is 0 Å². The number of carboxylic acids is 1. The third-order valence-electron chi connectivity index (χ3n) is 5.05. The van der Waals surface area contributed by atoms with Crippen LogP contribution in [0.2, 0.25) is 0 Å². The van der Waals surface area contributed by atoms with Gasteiger partial charge >= 0.3 is 5.97 Å². The fourth-order valence-electron chi connectivity index (χ4n) is 3.94. The smallest absolute Gasteiger partial charge is 0.321 e. The molecule has 0 aromatic rings. The van der Waals surface area contributed by atoms with Crippen LogP contribution in [0.25, 0.3) is 0 Å². The summed E-state index contributed by atoms with van der Waals surface area (Å²) in [4.78, 5) is 13.6. The molecule has 1 saturated carbocycles. The number of rotatable bonds is 3. The Balaban J connectivity index is 1.94. The highest BCUT2D eigenvalue weighted by molar-refractivity contribution is 5.73. The summed E-state index contributed by atoms with van der Waals surface area (Å²) in [6, 6.07) is -0.286. The van der Waals surface area contributed by atoms with Crippen LogP contribution < -0.4 is 0 Å². The van der Waals surface area contributed by atoms with Gasteiger partial charge in [-0.3, -0.25) is 9.69 Å². The Labute approximate surface area is 111 Å². The fourth-order valence-corrected chi connectivity index (χ4v) is 3.94. The van der Waals surface area contributed by atoms with E-state index >= 15 is 0 Å². The van der Waals surface area contributed by atoms with Gasteiger partial charge in [0, 0.05) is 0 Å². The molecule has 2 aliphatic rings. The van der Waals surface area contributed by atoms with Crippen molar-refractivity contribution in [2.45, 2.75) is 64.8 Å². The summed E-state index contributed by atoms with van der Waals surface area (Å²) < 4.78 is 0. The predicted octanol–water partition coefficient (Wildman–Crippen LogP) is 3.14. The van der Waals surface area contributed by atoms with Gasteiger partial charge in [0.25, 0.3) is 0 Å². The minimum absolute atomic E-state index is 0.197. The van der Waals surface area contributed by atoms with Gasteiger partial charge in [-0.15, -0.1) is 0 Å². The van der Waals surface area contributed by atoms with E-state index in [0.717, 1.165) is 13.1 Å². The lowest BCUT2D eigenvalue weighted by molar-refractivity contribution is -0.146. The van der Waals surface area contributed by atoms with Crippen LogP contribution in [0.1, 0.15) is 58.8 Å². The second-order valence-corrected chi connectivity index (χ2v) is 6.62. The van der Waals surface area contributed by atoms with Crippen LogP contribution in [0.5, 0.6) is 0 Å². The van der Waals surface area contributed by atoms with E-state index in [1.807, 2.05) is 13.8 Å². The van der Waals surface area contributed by atoms with Gasteiger partial charge in [0.05, 0.1) is 0 Å². The second-order valence-electron chi connectivity index (χ2n) is 6.62. The minimum Gasteiger partial charge on any atom is -0.480 e. The van der Waals surface area contributed by atoms with Gasteiger partial charge in [-0.1, -0.05) is 33.1 Å². The van der Waals surface area contributed by atoms with E-state index in [1.165, 1.54) is 44.9 Å². The maximum absolute atomic E-state index is 11.4. The molecule has 0 aromatic heterocycles. The number of likely N-dealkylation sites (tertiary alicyclic amines) is 1. The molecule has 1 aliphatic heterocycles. The molecule has 0 amide bonds. The summed E-state index contributed by atoms with van der Waals surface area (Å²) in [6.07, 6.45) is 9.34. The van der Waals surface area contributed by atoms with E-state index in [1.54, 1.807) is 0 Å². The summed E-state index contributed by atoms with van der Waals surface area (Å²) in [7, 11) is 0. The van der Waals surface area contributed by atoms with E-state index in [-0.39, 0.29) is 12.0 Å². The predicted molar refractivity (Wildman–Crippen MR) is 72.6 cm³/mol. The first kappa shape index (κ1) is 13.9. The zero-order chi connectivity index (χ0) is 13.2. The van der Waals surface area contributed by atoms with Crippen molar-refractivity contribution in [3.05, 3.63) is 0 Å². The standard InChI is InChI=1S/C15H27NO2/c1-12(2)13(14(17)18)16-10-8-15(9-11-16)6-4-3-5-7-15/h12-13H,3-11H2,1-2H3,(H,17,18). The number of carboxylic acid groups (broad SMARTS) is 1. The van der Waals surface area contributed by atoms with Gasteiger partial charge in [-0.25, -0.2) is 0 Å². The molecular formula is C15H27NO2. The van der Waals surface area contributed by atoms with Crippen LogP contribution in [0, 0.1) is 11.3 Å². The molecule has 1 heterocycles. The number of aliphatic carboxylic acids is 1. The van der Waals surface area contributed by atoms with Crippen molar-refractivity contribution in [3.63, 3.8) is 0 Å². The molecule has 0 radical (unpaired) electrons. The largest absolute Gasteiger partial charge is 0.480 e. The van der Waals surface area contributed by atoms with Gasteiger partial charge in [0.2, 0.25) is 0 Å². The summed E-state index contributed by atoms with van der Waals surface area (Å²) in [5, 5.41) is 9.36. The van der Waals surface area contributed by atoms with Crippen LogP contribution in [0.3, 0.4) is 0 Å². The van der Waals surface area contributed by atoms with Crippen LogP contribution in [0.15, 0.2) is 0 Å². The molecule has 1 N–H and O–H groups in total. The lowest BCUT2D eigenvalue weighted by Gasteiger charge is -2.46. The van der Waals surface area contributed by atoms with Crippen molar-refractivity contribution in [2.24, 2.45) is 11.3 Å². The second kappa shape index (κ2) is 5.60. The lowest BCUT2D eigenvalue weighted by Crippen LogP contribution is -2.50. The van der Waals surface area contributed by atoms with Gasteiger partial charge in [0.15, 0.2) is 0 Å². The highest BCUT2D eigenvalue weighted by Gasteiger charge is 2.39. The Kier molecular flexibility index (Phi) is 4.31. The molecule has 3 nitrogen and oxygen atoms in total. The molecule has 0 aromatic carbocycles. The van der Waals surface area contributed by atoms with Crippen molar-refractivity contribution in [1.82, 2.24) is 4.90 Å². The van der Waals surface area contributed by atoms with E-state index in [2.05, 4.69) is 4.90 Å². The topological polar surface area (TPSA) is 40.5 Å². The number of hydrogen-bond donors (Lipinski definition) is 1. The number of hydrogen-bond acceptors (Lipinski definition) is 2. The Morgan fingerprint density at radius 3 is 2.06 bits per heavy atom. The Morgan fingerprint density at radius 1 is 1.06 bits per heavy atom. The molecule has 3 heteroatoms. The maximum Gasteiger partial charge on any atom is 0.321 e. The third kappa shape index (κ3) is 2.87. The zero-order valence-electron chi connectivity index (χ0n) is 11.8. The average Bonchev–Trinajstić information content (AvgIpc) is 2.32. The van der Waals surface area contributed by atoms with Gasteiger partial charge < -0.3 is 5.11 Å². The van der Waals surface area contributed by atoms with E-state index < -0.39 is 5.97 Å².